The van der Waals surface area contributed by atoms with Crippen molar-refractivity contribution in [3.05, 3.63) is 80.9 Å². The van der Waals surface area contributed by atoms with Gasteiger partial charge in [-0.1, -0.05) is 65.3 Å². The topological polar surface area (TPSA) is 63.1 Å². The van der Waals surface area contributed by atoms with Crippen LogP contribution in [-0.2, 0) is 5.75 Å². The summed E-state index contributed by atoms with van der Waals surface area (Å²) in [5, 5.41) is 5.64. The summed E-state index contributed by atoms with van der Waals surface area (Å²) in [7, 11) is 0. The number of nitrogens with one attached hydrogen (secondary N) is 1. The molecule has 2 heterocycles. The molecule has 0 aliphatic carbocycles. The maximum absolute atomic E-state index is 12.5. The monoisotopic (exact) mass is 396 g/mol. The molecular formula is C20H17ClN4OS. The summed E-state index contributed by atoms with van der Waals surface area (Å²) < 4.78 is 1.33. The lowest BCUT2D eigenvalue weighted by Crippen LogP contribution is -2.19. The van der Waals surface area contributed by atoms with Gasteiger partial charge in [0.25, 0.3) is 0 Å². The second kappa shape index (κ2) is 7.21. The van der Waals surface area contributed by atoms with Crippen molar-refractivity contribution in [2.75, 3.05) is 0 Å². The van der Waals surface area contributed by atoms with E-state index in [2.05, 4.69) is 15.1 Å². The molecule has 27 heavy (non-hydrogen) atoms. The molecule has 0 aliphatic heterocycles. The first-order valence-electron chi connectivity index (χ1n) is 8.45. The number of H-pyrrole nitrogens is 1. The van der Waals surface area contributed by atoms with Crippen molar-refractivity contribution in [2.45, 2.75) is 24.8 Å². The van der Waals surface area contributed by atoms with Crippen LogP contribution in [0.4, 0.5) is 0 Å². The molecule has 0 atom stereocenters. The van der Waals surface area contributed by atoms with E-state index in [-0.39, 0.29) is 5.69 Å². The van der Waals surface area contributed by atoms with E-state index in [4.69, 9.17) is 11.6 Å². The smallest absolute Gasteiger partial charge is 0.285 e. The lowest BCUT2D eigenvalue weighted by Gasteiger charge is -2.04. The minimum absolute atomic E-state index is 0.292. The first-order valence-corrected chi connectivity index (χ1v) is 9.81. The maximum Gasteiger partial charge on any atom is 0.350 e. The van der Waals surface area contributed by atoms with Crippen LogP contribution in [0.1, 0.15) is 16.8 Å². The largest absolute Gasteiger partial charge is 0.350 e. The van der Waals surface area contributed by atoms with Crippen molar-refractivity contribution in [1.29, 1.82) is 0 Å². The fourth-order valence-electron chi connectivity index (χ4n) is 2.89. The summed E-state index contributed by atoms with van der Waals surface area (Å²) in [5.41, 5.74) is 5.22. The quantitative estimate of drug-likeness (QED) is 0.510. The van der Waals surface area contributed by atoms with Crippen LogP contribution in [0.2, 0.25) is 5.02 Å². The summed E-state index contributed by atoms with van der Waals surface area (Å²) in [6, 6.07) is 15.8. The summed E-state index contributed by atoms with van der Waals surface area (Å²) in [6.07, 6.45) is 0. The molecule has 2 aromatic carbocycles. The number of rotatable bonds is 4. The van der Waals surface area contributed by atoms with Crippen molar-refractivity contribution in [3.8, 4) is 11.1 Å². The molecule has 5 nitrogen and oxygen atoms in total. The number of benzene rings is 2. The average Bonchev–Trinajstić information content (AvgIpc) is 2.99. The lowest BCUT2D eigenvalue weighted by molar-refractivity contribution is 0.780. The highest BCUT2D eigenvalue weighted by Gasteiger charge is 2.16. The fourth-order valence-corrected chi connectivity index (χ4v) is 3.82. The average molecular weight is 397 g/mol. The van der Waals surface area contributed by atoms with E-state index >= 15 is 0 Å². The van der Waals surface area contributed by atoms with Gasteiger partial charge in [-0.05, 0) is 37.1 Å². The minimum Gasteiger partial charge on any atom is -0.285 e. The zero-order valence-electron chi connectivity index (χ0n) is 14.9. The zero-order valence-corrected chi connectivity index (χ0v) is 16.4. The Bertz CT molecular complexity index is 1160. The Morgan fingerprint density at radius 1 is 1.07 bits per heavy atom. The second-order valence-electron chi connectivity index (χ2n) is 6.32. The molecule has 0 fully saturated rings. The van der Waals surface area contributed by atoms with E-state index in [0.29, 0.717) is 21.6 Å². The SMILES string of the molecule is Cc1ccc(-c2c(C)nn3c(=O)[nH]c(SCc4ccc(Cl)cc4)nc23)cc1. The van der Waals surface area contributed by atoms with Gasteiger partial charge in [-0.15, -0.1) is 0 Å². The Labute approximate surface area is 165 Å². The van der Waals surface area contributed by atoms with E-state index in [1.54, 1.807) is 0 Å². The van der Waals surface area contributed by atoms with Crippen molar-refractivity contribution in [1.82, 2.24) is 19.6 Å². The number of aromatic amines is 1. The minimum atomic E-state index is -0.292. The highest BCUT2D eigenvalue weighted by molar-refractivity contribution is 7.98. The molecule has 0 unspecified atom stereocenters. The van der Waals surface area contributed by atoms with Crippen molar-refractivity contribution < 1.29 is 0 Å². The second-order valence-corrected chi connectivity index (χ2v) is 7.72. The number of halogens is 1. The highest BCUT2D eigenvalue weighted by Crippen LogP contribution is 2.28. The molecule has 0 spiro atoms. The Morgan fingerprint density at radius 3 is 2.48 bits per heavy atom. The number of aryl methyl sites for hydroxylation is 2. The van der Waals surface area contributed by atoms with E-state index in [1.807, 2.05) is 62.4 Å². The van der Waals surface area contributed by atoms with Crippen LogP contribution >= 0.6 is 23.4 Å². The molecule has 0 amide bonds. The van der Waals surface area contributed by atoms with Crippen molar-refractivity contribution in [2.24, 2.45) is 0 Å². The third-order valence-electron chi connectivity index (χ3n) is 4.28. The van der Waals surface area contributed by atoms with E-state index in [1.165, 1.54) is 21.8 Å². The first kappa shape index (κ1) is 17.8. The number of nitrogens with zero attached hydrogens (tertiary/aromatic N) is 3. The lowest BCUT2D eigenvalue weighted by atomic mass is 10.0. The van der Waals surface area contributed by atoms with Gasteiger partial charge in [0.15, 0.2) is 10.8 Å². The number of hydrogen-bond donors (Lipinski definition) is 1. The molecule has 4 rings (SSSR count). The van der Waals surface area contributed by atoms with Gasteiger partial charge < -0.3 is 0 Å². The van der Waals surface area contributed by atoms with Crippen LogP contribution in [0.3, 0.4) is 0 Å². The number of fused-ring (bicyclic) bond motifs is 1. The predicted octanol–water partition coefficient (Wildman–Crippen LogP) is 4.65. The molecule has 0 radical (unpaired) electrons. The Balaban J connectivity index is 1.73. The molecule has 7 heteroatoms. The van der Waals surface area contributed by atoms with Gasteiger partial charge in [0.2, 0.25) is 0 Å². The maximum atomic E-state index is 12.5. The number of aromatic nitrogens is 4. The van der Waals surface area contributed by atoms with Crippen LogP contribution in [0.5, 0.6) is 0 Å². The molecule has 0 aliphatic rings. The first-order chi connectivity index (χ1) is 13.0. The summed E-state index contributed by atoms with van der Waals surface area (Å²) >= 11 is 7.40. The fraction of sp³-hybridized carbons (Fsp3) is 0.150. The third kappa shape index (κ3) is 3.63. The van der Waals surface area contributed by atoms with Crippen molar-refractivity contribution >= 4 is 29.0 Å². The van der Waals surface area contributed by atoms with E-state index < -0.39 is 0 Å². The van der Waals surface area contributed by atoms with Gasteiger partial charge in [-0.25, -0.2) is 9.78 Å². The van der Waals surface area contributed by atoms with E-state index in [0.717, 1.165) is 22.4 Å². The molecule has 136 valence electrons. The standard InChI is InChI=1S/C20H17ClN4OS/c1-12-3-7-15(8-4-12)17-13(2)24-25-18(17)22-19(23-20(25)26)27-11-14-5-9-16(21)10-6-14/h3-10H,11H2,1-2H3,(H,22,23,26). The van der Waals surface area contributed by atoms with Crippen molar-refractivity contribution in [3.63, 3.8) is 0 Å². The van der Waals surface area contributed by atoms with Crippen LogP contribution in [0.15, 0.2) is 58.5 Å². The van der Waals surface area contributed by atoms with Crippen LogP contribution < -0.4 is 5.69 Å². The number of hydrogen-bond acceptors (Lipinski definition) is 4. The van der Waals surface area contributed by atoms with Crippen LogP contribution in [0.25, 0.3) is 16.8 Å². The Kier molecular flexibility index (Phi) is 4.76. The van der Waals surface area contributed by atoms with Gasteiger partial charge in [-0.2, -0.15) is 9.61 Å². The third-order valence-corrected chi connectivity index (χ3v) is 5.48. The van der Waals surface area contributed by atoms with Gasteiger partial charge in [0.1, 0.15) is 0 Å². The normalized spacial score (nSPS) is 11.2. The summed E-state index contributed by atoms with van der Waals surface area (Å²) in [4.78, 5) is 20.0. The zero-order chi connectivity index (χ0) is 19.0. The Morgan fingerprint density at radius 2 is 1.78 bits per heavy atom. The van der Waals surface area contributed by atoms with Crippen LogP contribution in [0, 0.1) is 13.8 Å². The van der Waals surface area contributed by atoms with E-state index in [9.17, 15) is 4.79 Å². The van der Waals surface area contributed by atoms with Crippen LogP contribution in [-0.4, -0.2) is 19.6 Å². The molecule has 2 aromatic heterocycles. The molecule has 0 bridgehead atoms. The number of thioether (sulfide) groups is 1. The highest BCUT2D eigenvalue weighted by atomic mass is 35.5. The van der Waals surface area contributed by atoms with Gasteiger partial charge in [-0.3, -0.25) is 4.98 Å². The molecular weight excluding hydrogens is 380 g/mol. The van der Waals surface area contributed by atoms with Gasteiger partial charge >= 0.3 is 5.69 Å². The molecule has 4 aromatic rings. The van der Waals surface area contributed by atoms with Gasteiger partial charge in [0.05, 0.1) is 5.69 Å². The molecule has 0 saturated heterocycles. The molecule has 0 saturated carbocycles. The Hall–Kier alpha value is -2.57. The summed E-state index contributed by atoms with van der Waals surface area (Å²) in [6.45, 7) is 3.94. The molecule has 1 N–H and O–H groups in total. The summed E-state index contributed by atoms with van der Waals surface area (Å²) in [5.74, 6) is 0.684. The van der Waals surface area contributed by atoms with Gasteiger partial charge in [0, 0.05) is 16.3 Å². The predicted molar refractivity (Wildman–Crippen MR) is 110 cm³/mol.